The van der Waals surface area contributed by atoms with Crippen LogP contribution in [-0.2, 0) is 4.79 Å². The molecule has 1 atom stereocenters. The topological polar surface area (TPSA) is 49.3 Å². The Kier molecular flexibility index (Phi) is 5.75. The minimum Gasteiger partial charge on any atom is -0.387 e. The van der Waals surface area contributed by atoms with E-state index in [1.54, 1.807) is 18.2 Å². The molecule has 3 nitrogen and oxygen atoms in total. The lowest BCUT2D eigenvalue weighted by molar-refractivity contribution is -0.121. The Morgan fingerprint density at radius 2 is 1.94 bits per heavy atom. The Morgan fingerprint density at radius 1 is 1.35 bits per heavy atom. The molecule has 2 N–H and O–H groups in total. The summed E-state index contributed by atoms with van der Waals surface area (Å²) in [4.78, 5) is 11.2. The van der Waals surface area contributed by atoms with Crippen LogP contribution < -0.4 is 5.32 Å². The fourth-order valence-electron chi connectivity index (χ4n) is 1.41. The summed E-state index contributed by atoms with van der Waals surface area (Å²) in [6, 6.07) is 4.85. The monoisotopic (exact) mass is 275 g/mol. The molecule has 17 heavy (non-hydrogen) atoms. The van der Waals surface area contributed by atoms with E-state index in [1.165, 1.54) is 0 Å². The largest absolute Gasteiger partial charge is 0.387 e. The van der Waals surface area contributed by atoms with Crippen molar-refractivity contribution in [2.45, 2.75) is 25.9 Å². The number of rotatable bonds is 5. The molecule has 94 valence electrons. The van der Waals surface area contributed by atoms with Crippen LogP contribution in [0.15, 0.2) is 18.2 Å². The lowest BCUT2D eigenvalue weighted by atomic mass is 10.1. The van der Waals surface area contributed by atoms with Gasteiger partial charge in [-0.15, -0.1) is 0 Å². The van der Waals surface area contributed by atoms with E-state index >= 15 is 0 Å². The van der Waals surface area contributed by atoms with E-state index in [-0.39, 0.29) is 12.5 Å². The molecular formula is C12H15Cl2NO2. The van der Waals surface area contributed by atoms with Crippen molar-refractivity contribution in [2.75, 3.05) is 6.54 Å². The van der Waals surface area contributed by atoms with Crippen molar-refractivity contribution in [1.82, 2.24) is 5.32 Å². The van der Waals surface area contributed by atoms with Crippen LogP contribution in [-0.4, -0.2) is 17.6 Å². The molecule has 0 fully saturated rings. The molecule has 0 aromatic heterocycles. The van der Waals surface area contributed by atoms with E-state index in [0.717, 1.165) is 6.42 Å². The highest BCUT2D eigenvalue weighted by Crippen LogP contribution is 2.23. The van der Waals surface area contributed by atoms with Gasteiger partial charge in [0.05, 0.1) is 6.10 Å². The van der Waals surface area contributed by atoms with Gasteiger partial charge < -0.3 is 10.4 Å². The Labute approximate surface area is 111 Å². The summed E-state index contributed by atoms with van der Waals surface area (Å²) < 4.78 is 0. The van der Waals surface area contributed by atoms with Crippen molar-refractivity contribution in [3.05, 3.63) is 33.8 Å². The van der Waals surface area contributed by atoms with E-state index < -0.39 is 6.10 Å². The first-order valence-corrected chi connectivity index (χ1v) is 6.19. The van der Waals surface area contributed by atoms with Crippen LogP contribution >= 0.6 is 23.2 Å². The highest BCUT2D eigenvalue weighted by atomic mass is 35.5. The number of benzene rings is 1. The second-order valence-corrected chi connectivity index (χ2v) is 4.65. The zero-order valence-electron chi connectivity index (χ0n) is 9.54. The van der Waals surface area contributed by atoms with E-state index in [9.17, 15) is 9.90 Å². The predicted molar refractivity (Wildman–Crippen MR) is 69.3 cm³/mol. The summed E-state index contributed by atoms with van der Waals surface area (Å²) in [6.45, 7) is 2.09. The van der Waals surface area contributed by atoms with E-state index in [0.29, 0.717) is 22.0 Å². The first kappa shape index (κ1) is 14.3. The van der Waals surface area contributed by atoms with Gasteiger partial charge >= 0.3 is 0 Å². The van der Waals surface area contributed by atoms with Crippen LogP contribution in [0.25, 0.3) is 0 Å². The van der Waals surface area contributed by atoms with E-state index in [4.69, 9.17) is 23.2 Å². The molecule has 0 saturated heterocycles. The summed E-state index contributed by atoms with van der Waals surface area (Å²) in [5, 5.41) is 13.4. The first-order valence-electron chi connectivity index (χ1n) is 5.43. The average molecular weight is 276 g/mol. The molecule has 0 aliphatic rings. The Morgan fingerprint density at radius 3 is 2.47 bits per heavy atom. The number of aliphatic hydroxyl groups excluding tert-OH is 1. The molecule has 0 bridgehead atoms. The third-order valence-electron chi connectivity index (χ3n) is 2.24. The highest BCUT2D eigenvalue weighted by molar-refractivity contribution is 6.34. The predicted octanol–water partition coefficient (Wildman–Crippen LogP) is 2.94. The molecule has 0 radical (unpaired) electrons. The van der Waals surface area contributed by atoms with Crippen LogP contribution in [0.4, 0.5) is 0 Å². The van der Waals surface area contributed by atoms with Crippen LogP contribution in [0.1, 0.15) is 31.4 Å². The average Bonchev–Trinajstić information content (AvgIpc) is 2.25. The van der Waals surface area contributed by atoms with Crippen molar-refractivity contribution in [3.63, 3.8) is 0 Å². The maximum Gasteiger partial charge on any atom is 0.220 e. The van der Waals surface area contributed by atoms with E-state index in [2.05, 4.69) is 5.32 Å². The molecule has 1 rings (SSSR count). The zero-order valence-corrected chi connectivity index (χ0v) is 11.1. The fourth-order valence-corrected chi connectivity index (χ4v) is 1.95. The summed E-state index contributed by atoms with van der Waals surface area (Å²) in [5.74, 6) is -0.0697. The van der Waals surface area contributed by atoms with Crippen LogP contribution in [0, 0.1) is 0 Å². The van der Waals surface area contributed by atoms with Crippen LogP contribution in [0.5, 0.6) is 0 Å². The van der Waals surface area contributed by atoms with Gasteiger partial charge in [-0.05, 0) is 30.2 Å². The number of hydrogen-bond acceptors (Lipinski definition) is 2. The van der Waals surface area contributed by atoms with Crippen molar-refractivity contribution in [2.24, 2.45) is 0 Å². The molecule has 1 amide bonds. The third kappa shape index (κ3) is 4.94. The highest BCUT2D eigenvalue weighted by Gasteiger charge is 2.10. The second kappa shape index (κ2) is 6.84. The summed E-state index contributed by atoms with van der Waals surface area (Å²) >= 11 is 11.6. The number of aliphatic hydroxyl groups is 1. The third-order valence-corrected chi connectivity index (χ3v) is 2.68. The number of nitrogens with one attached hydrogen (secondary N) is 1. The summed E-state index contributed by atoms with van der Waals surface area (Å²) in [5.41, 5.74) is 0.597. The first-order chi connectivity index (χ1) is 8.02. The Balaban J connectivity index is 2.57. The normalized spacial score (nSPS) is 12.2. The number of carbonyl (C=O) groups excluding carboxylic acids is 1. The van der Waals surface area contributed by atoms with Crippen molar-refractivity contribution in [3.8, 4) is 0 Å². The van der Waals surface area contributed by atoms with Crippen molar-refractivity contribution < 1.29 is 9.90 Å². The molecule has 5 heteroatoms. The van der Waals surface area contributed by atoms with Crippen molar-refractivity contribution in [1.29, 1.82) is 0 Å². The summed E-state index contributed by atoms with van der Waals surface area (Å²) in [6.07, 6.45) is 0.445. The Bertz CT molecular complexity index is 376. The number of halogens is 2. The maximum atomic E-state index is 11.2. The van der Waals surface area contributed by atoms with Gasteiger partial charge in [0.25, 0.3) is 0 Å². The van der Waals surface area contributed by atoms with Gasteiger partial charge in [-0.1, -0.05) is 30.1 Å². The van der Waals surface area contributed by atoms with E-state index in [1.807, 2.05) is 6.92 Å². The van der Waals surface area contributed by atoms with Gasteiger partial charge in [0.1, 0.15) is 0 Å². The standard InChI is InChI=1S/C12H15Cl2NO2/c1-2-3-12(17)15-7-11(16)8-4-9(13)6-10(14)5-8/h4-6,11,16H,2-3,7H2,1H3,(H,15,17). The quantitative estimate of drug-likeness (QED) is 0.868. The smallest absolute Gasteiger partial charge is 0.220 e. The van der Waals surface area contributed by atoms with Crippen LogP contribution in [0.2, 0.25) is 10.0 Å². The lowest BCUT2D eigenvalue weighted by Crippen LogP contribution is -2.27. The van der Waals surface area contributed by atoms with Gasteiger partial charge in [-0.3, -0.25) is 4.79 Å². The van der Waals surface area contributed by atoms with Gasteiger partial charge in [0, 0.05) is 23.0 Å². The molecule has 1 aromatic carbocycles. The molecule has 1 aromatic rings. The molecule has 0 spiro atoms. The van der Waals surface area contributed by atoms with Crippen LogP contribution in [0.3, 0.4) is 0 Å². The fraction of sp³-hybridized carbons (Fsp3) is 0.417. The summed E-state index contributed by atoms with van der Waals surface area (Å²) in [7, 11) is 0. The number of hydrogen-bond donors (Lipinski definition) is 2. The second-order valence-electron chi connectivity index (χ2n) is 3.77. The molecular weight excluding hydrogens is 261 g/mol. The minimum absolute atomic E-state index is 0.0697. The molecule has 1 unspecified atom stereocenters. The van der Waals surface area contributed by atoms with Gasteiger partial charge in [0.2, 0.25) is 5.91 Å². The molecule has 0 aliphatic heterocycles. The maximum absolute atomic E-state index is 11.2. The molecule has 0 heterocycles. The van der Waals surface area contributed by atoms with Gasteiger partial charge in [-0.2, -0.15) is 0 Å². The SMILES string of the molecule is CCCC(=O)NCC(O)c1cc(Cl)cc(Cl)c1. The zero-order chi connectivity index (χ0) is 12.8. The van der Waals surface area contributed by atoms with Crippen molar-refractivity contribution >= 4 is 29.1 Å². The van der Waals surface area contributed by atoms with Gasteiger partial charge in [0.15, 0.2) is 0 Å². The number of carbonyl (C=O) groups is 1. The minimum atomic E-state index is -0.799. The Hall–Kier alpha value is -0.770. The van der Waals surface area contributed by atoms with Gasteiger partial charge in [-0.25, -0.2) is 0 Å². The molecule has 0 saturated carbocycles. The number of amides is 1. The lowest BCUT2D eigenvalue weighted by Gasteiger charge is -2.12. The molecule has 0 aliphatic carbocycles.